The van der Waals surface area contributed by atoms with Crippen LogP contribution in [0.4, 0.5) is 0 Å². The first-order chi connectivity index (χ1) is 13.6. The summed E-state index contributed by atoms with van der Waals surface area (Å²) in [4.78, 5) is 21.4. The largest absolute Gasteiger partial charge is 0.462 e. The smallest absolute Gasteiger partial charge is 0.293 e. The number of nitrogens with one attached hydrogen (secondary N) is 2. The lowest BCUT2D eigenvalue weighted by molar-refractivity contribution is -0.138. The second-order valence-corrected chi connectivity index (χ2v) is 8.70. The van der Waals surface area contributed by atoms with E-state index in [1.807, 2.05) is 32.9 Å². The number of aliphatic hydroxyl groups is 1. The molecule has 1 fully saturated rings. The standard InChI is InChI=1S/C15H21Cl2N3O2.C5H10O2/c16-12-2-1-9(5-13(12)17)11-6-10(20-8-14(11)18)7-15(22)19-3-4-21;1-5(2,3)7-4-6/h1-2,5,10-11,14,20-21H,3-4,6-8,18H2,(H,19,22);4H,1-3H3/t10?,11-,14+;/m0./s1. The third-order valence-corrected chi connectivity index (χ3v) is 5.08. The second kappa shape index (κ2) is 12.3. The van der Waals surface area contributed by atoms with Crippen LogP contribution in [0.3, 0.4) is 0 Å². The van der Waals surface area contributed by atoms with E-state index in [2.05, 4.69) is 15.4 Å². The van der Waals surface area contributed by atoms with E-state index in [0.717, 1.165) is 12.0 Å². The van der Waals surface area contributed by atoms with Crippen LogP contribution >= 0.6 is 23.2 Å². The quantitative estimate of drug-likeness (QED) is 0.497. The molecule has 0 radical (unpaired) electrons. The first-order valence-electron chi connectivity index (χ1n) is 9.50. The highest BCUT2D eigenvalue weighted by Gasteiger charge is 2.30. The van der Waals surface area contributed by atoms with Crippen molar-refractivity contribution in [2.45, 2.75) is 57.2 Å². The van der Waals surface area contributed by atoms with E-state index < -0.39 is 0 Å². The Kier molecular flexibility index (Phi) is 10.9. The Bertz CT molecular complexity index is 668. The van der Waals surface area contributed by atoms with Gasteiger partial charge >= 0.3 is 0 Å². The molecule has 1 aliphatic rings. The van der Waals surface area contributed by atoms with Gasteiger partial charge in [-0.05, 0) is 44.9 Å². The van der Waals surface area contributed by atoms with Crippen molar-refractivity contribution in [3.05, 3.63) is 33.8 Å². The molecular weight excluding hydrogens is 417 g/mol. The van der Waals surface area contributed by atoms with Crippen molar-refractivity contribution >= 4 is 35.6 Å². The fourth-order valence-corrected chi connectivity index (χ4v) is 3.23. The van der Waals surface area contributed by atoms with Gasteiger partial charge in [-0.2, -0.15) is 0 Å². The highest BCUT2D eigenvalue weighted by molar-refractivity contribution is 6.42. The highest BCUT2D eigenvalue weighted by atomic mass is 35.5. The molecule has 0 aliphatic carbocycles. The van der Waals surface area contributed by atoms with Gasteiger partial charge in [-0.25, -0.2) is 0 Å². The number of rotatable bonds is 6. The second-order valence-electron chi connectivity index (χ2n) is 7.89. The molecule has 1 heterocycles. The number of nitrogens with two attached hydrogens (primary N) is 1. The van der Waals surface area contributed by atoms with Gasteiger partial charge < -0.3 is 26.2 Å². The van der Waals surface area contributed by atoms with Gasteiger partial charge in [0.15, 0.2) is 0 Å². The van der Waals surface area contributed by atoms with Gasteiger partial charge in [0.1, 0.15) is 5.60 Å². The molecule has 1 aliphatic heterocycles. The number of carbonyl (C=O) groups is 2. The van der Waals surface area contributed by atoms with E-state index in [-0.39, 0.29) is 42.7 Å². The lowest BCUT2D eigenvalue weighted by atomic mass is 9.82. The number of benzene rings is 1. The molecule has 3 atom stereocenters. The van der Waals surface area contributed by atoms with Crippen LogP contribution in [0.25, 0.3) is 0 Å². The van der Waals surface area contributed by atoms with Crippen LogP contribution < -0.4 is 16.4 Å². The van der Waals surface area contributed by atoms with E-state index in [1.165, 1.54) is 0 Å². The van der Waals surface area contributed by atoms with Crippen LogP contribution in [0.1, 0.15) is 45.1 Å². The van der Waals surface area contributed by atoms with Gasteiger partial charge in [0.25, 0.3) is 6.47 Å². The summed E-state index contributed by atoms with van der Waals surface area (Å²) in [5, 5.41) is 15.7. The third kappa shape index (κ3) is 9.78. The zero-order valence-electron chi connectivity index (χ0n) is 17.1. The zero-order valence-corrected chi connectivity index (χ0v) is 18.6. The Morgan fingerprint density at radius 3 is 2.59 bits per heavy atom. The molecule has 9 heteroatoms. The third-order valence-electron chi connectivity index (χ3n) is 4.34. The van der Waals surface area contributed by atoms with Crippen LogP contribution in [-0.2, 0) is 14.3 Å². The topological polar surface area (TPSA) is 114 Å². The normalized spacial score (nSPS) is 21.6. The Morgan fingerprint density at radius 2 is 2.07 bits per heavy atom. The molecule has 2 rings (SSSR count). The van der Waals surface area contributed by atoms with Crippen molar-refractivity contribution in [2.24, 2.45) is 5.73 Å². The number of amides is 1. The molecule has 0 aromatic heterocycles. The number of aliphatic hydroxyl groups excluding tert-OH is 1. The summed E-state index contributed by atoms with van der Waals surface area (Å²) in [6.07, 6.45) is 1.12. The van der Waals surface area contributed by atoms with Crippen molar-refractivity contribution in [2.75, 3.05) is 19.7 Å². The minimum atomic E-state index is -0.318. The fraction of sp³-hybridized carbons (Fsp3) is 0.600. The molecule has 1 unspecified atom stereocenters. The number of hydrogen-bond acceptors (Lipinski definition) is 6. The van der Waals surface area contributed by atoms with Crippen molar-refractivity contribution in [3.63, 3.8) is 0 Å². The van der Waals surface area contributed by atoms with E-state index in [9.17, 15) is 9.59 Å². The monoisotopic (exact) mass is 447 g/mol. The molecule has 29 heavy (non-hydrogen) atoms. The van der Waals surface area contributed by atoms with Gasteiger partial charge in [-0.15, -0.1) is 0 Å². The Labute approximate surface area is 182 Å². The van der Waals surface area contributed by atoms with Crippen LogP contribution in [0.5, 0.6) is 0 Å². The Morgan fingerprint density at radius 1 is 1.38 bits per heavy atom. The zero-order chi connectivity index (χ0) is 22.0. The lowest BCUT2D eigenvalue weighted by Gasteiger charge is -2.35. The van der Waals surface area contributed by atoms with Gasteiger partial charge in [0.05, 0.1) is 16.7 Å². The molecule has 0 saturated carbocycles. The van der Waals surface area contributed by atoms with E-state index >= 15 is 0 Å². The summed E-state index contributed by atoms with van der Waals surface area (Å²) >= 11 is 12.0. The maximum atomic E-state index is 11.8. The number of carbonyl (C=O) groups excluding carboxylic acids is 2. The summed E-state index contributed by atoms with van der Waals surface area (Å²) in [6, 6.07) is 5.58. The van der Waals surface area contributed by atoms with Gasteiger partial charge in [-0.1, -0.05) is 29.3 Å². The minimum absolute atomic E-state index is 0.0333. The molecule has 1 aromatic carbocycles. The molecule has 1 amide bonds. The fourth-order valence-electron chi connectivity index (χ4n) is 2.93. The van der Waals surface area contributed by atoms with Crippen LogP contribution in [0, 0.1) is 0 Å². The summed E-state index contributed by atoms with van der Waals surface area (Å²) in [5.74, 6) is 0.0570. The molecule has 7 nitrogen and oxygen atoms in total. The molecule has 1 saturated heterocycles. The number of halogens is 2. The Hall–Kier alpha value is -1.38. The van der Waals surface area contributed by atoms with Gasteiger partial charge in [0, 0.05) is 37.5 Å². The van der Waals surface area contributed by atoms with E-state index in [4.69, 9.17) is 34.0 Å². The predicted octanol–water partition coefficient (Wildman–Crippen LogP) is 2.22. The SMILES string of the molecule is CC(C)(C)OC=O.N[C@@H]1CNC(CC(=O)NCCO)C[C@H]1c1ccc(Cl)c(Cl)c1. The van der Waals surface area contributed by atoms with Crippen molar-refractivity contribution in [3.8, 4) is 0 Å². The molecule has 1 aromatic rings. The van der Waals surface area contributed by atoms with Crippen molar-refractivity contribution < 1.29 is 19.4 Å². The molecule has 0 bridgehead atoms. The number of ether oxygens (including phenoxy) is 1. The predicted molar refractivity (Wildman–Crippen MR) is 115 cm³/mol. The molecular formula is C20H31Cl2N3O4. The minimum Gasteiger partial charge on any atom is -0.462 e. The average Bonchev–Trinajstić information content (AvgIpc) is 2.63. The summed E-state index contributed by atoms with van der Waals surface area (Å²) in [5.41, 5.74) is 6.93. The van der Waals surface area contributed by atoms with Crippen LogP contribution in [-0.4, -0.2) is 54.9 Å². The molecule has 0 spiro atoms. The Balaban J connectivity index is 0.000000516. The maximum Gasteiger partial charge on any atom is 0.293 e. The summed E-state index contributed by atoms with van der Waals surface area (Å²) in [6.45, 7) is 6.79. The van der Waals surface area contributed by atoms with Gasteiger partial charge in [0.2, 0.25) is 5.91 Å². The van der Waals surface area contributed by atoms with Crippen molar-refractivity contribution in [1.82, 2.24) is 10.6 Å². The first-order valence-corrected chi connectivity index (χ1v) is 10.3. The maximum absolute atomic E-state index is 11.8. The lowest BCUT2D eigenvalue weighted by Crippen LogP contribution is -2.51. The van der Waals surface area contributed by atoms with Crippen molar-refractivity contribution in [1.29, 1.82) is 0 Å². The first kappa shape index (κ1) is 25.7. The van der Waals surface area contributed by atoms with Gasteiger partial charge in [-0.3, -0.25) is 9.59 Å². The molecule has 5 N–H and O–H groups in total. The van der Waals surface area contributed by atoms with E-state index in [0.29, 0.717) is 29.5 Å². The number of hydrogen-bond donors (Lipinski definition) is 4. The highest BCUT2D eigenvalue weighted by Crippen LogP contribution is 2.32. The van der Waals surface area contributed by atoms with E-state index in [1.54, 1.807) is 6.07 Å². The molecule has 164 valence electrons. The average molecular weight is 448 g/mol. The summed E-state index contributed by atoms with van der Waals surface area (Å²) in [7, 11) is 0. The van der Waals surface area contributed by atoms with Crippen LogP contribution in [0.2, 0.25) is 10.0 Å². The number of piperidine rings is 1. The summed E-state index contributed by atoms with van der Waals surface area (Å²) < 4.78 is 4.55. The van der Waals surface area contributed by atoms with Crippen LogP contribution in [0.15, 0.2) is 18.2 Å².